The Balaban J connectivity index is 1.44. The first kappa shape index (κ1) is 20.6. The van der Waals surface area contributed by atoms with Crippen LogP contribution in [0.15, 0.2) is 48.5 Å². The highest BCUT2D eigenvalue weighted by Gasteiger charge is 2.31. The zero-order valence-electron chi connectivity index (χ0n) is 17.3. The van der Waals surface area contributed by atoms with Crippen LogP contribution in [-0.2, 0) is 16.0 Å². The Morgan fingerprint density at radius 1 is 1.03 bits per heavy atom. The van der Waals surface area contributed by atoms with Crippen LogP contribution in [0.25, 0.3) is 10.1 Å². The number of benzene rings is 2. The fourth-order valence-corrected chi connectivity index (χ4v) is 5.55. The highest BCUT2D eigenvalue weighted by atomic mass is 32.1. The first-order chi connectivity index (χ1) is 15.2. The van der Waals surface area contributed by atoms with Crippen molar-refractivity contribution in [3.63, 3.8) is 0 Å². The van der Waals surface area contributed by atoms with E-state index < -0.39 is 0 Å². The number of hydrogen-bond donors (Lipinski definition) is 0. The van der Waals surface area contributed by atoms with Crippen LogP contribution in [-0.4, -0.2) is 61.7 Å². The van der Waals surface area contributed by atoms with Gasteiger partial charge in [-0.25, -0.2) is 4.39 Å². The molecule has 1 aromatic heterocycles. The quantitative estimate of drug-likeness (QED) is 0.613. The molecule has 0 radical (unpaired) electrons. The zero-order chi connectivity index (χ0) is 21.2. The average Bonchev–Trinajstić information content (AvgIpc) is 3.20. The third kappa shape index (κ3) is 4.36. The standard InChI is InChI=1S/C24H25FN2O3S/c25-18-7-5-17(6-8-18)15-26-9-14-30-20(16-26)22-19-3-1-2-4-21(19)31-23(22)24(28)27-10-12-29-13-11-27/h1-8,20H,9-16H2/t20-/m0/s1. The minimum atomic E-state index is -0.223. The molecule has 0 spiro atoms. The van der Waals surface area contributed by atoms with Crippen molar-refractivity contribution in [3.05, 3.63) is 70.4 Å². The smallest absolute Gasteiger partial charge is 0.264 e. The molecular weight excluding hydrogens is 415 g/mol. The molecule has 162 valence electrons. The summed E-state index contributed by atoms with van der Waals surface area (Å²) in [5.41, 5.74) is 2.07. The fraction of sp³-hybridized carbons (Fsp3) is 0.375. The number of amides is 1. The highest BCUT2D eigenvalue weighted by Crippen LogP contribution is 2.39. The lowest BCUT2D eigenvalue weighted by molar-refractivity contribution is -0.0325. The number of thiophene rings is 1. The van der Waals surface area contributed by atoms with Crippen molar-refractivity contribution in [1.29, 1.82) is 0 Å². The number of morpholine rings is 2. The first-order valence-corrected chi connectivity index (χ1v) is 11.5. The summed E-state index contributed by atoms with van der Waals surface area (Å²) in [6, 6.07) is 14.8. The van der Waals surface area contributed by atoms with Crippen LogP contribution in [0.1, 0.15) is 26.9 Å². The van der Waals surface area contributed by atoms with Gasteiger partial charge in [0.1, 0.15) is 5.82 Å². The molecule has 5 rings (SSSR count). The predicted octanol–water partition coefficient (Wildman–Crippen LogP) is 4.09. The molecule has 0 saturated carbocycles. The molecule has 0 N–H and O–H groups in total. The summed E-state index contributed by atoms with van der Waals surface area (Å²) in [5, 5.41) is 1.10. The molecule has 7 heteroatoms. The number of ether oxygens (including phenoxy) is 2. The number of nitrogens with zero attached hydrogens (tertiary/aromatic N) is 2. The second-order valence-electron chi connectivity index (χ2n) is 7.97. The molecule has 0 bridgehead atoms. The van der Waals surface area contributed by atoms with E-state index in [1.807, 2.05) is 29.2 Å². The molecule has 0 unspecified atom stereocenters. The Morgan fingerprint density at radius 2 is 1.81 bits per heavy atom. The van der Waals surface area contributed by atoms with Gasteiger partial charge >= 0.3 is 0 Å². The number of fused-ring (bicyclic) bond motifs is 1. The monoisotopic (exact) mass is 440 g/mol. The van der Waals surface area contributed by atoms with Crippen molar-refractivity contribution in [3.8, 4) is 0 Å². The van der Waals surface area contributed by atoms with Crippen LogP contribution in [0.2, 0.25) is 0 Å². The van der Waals surface area contributed by atoms with E-state index in [4.69, 9.17) is 9.47 Å². The summed E-state index contributed by atoms with van der Waals surface area (Å²) in [6.45, 7) is 5.23. The summed E-state index contributed by atoms with van der Waals surface area (Å²) < 4.78 is 26.0. The lowest BCUT2D eigenvalue weighted by atomic mass is 10.0. The summed E-state index contributed by atoms with van der Waals surface area (Å²) in [5.74, 6) is -0.154. The molecule has 0 aliphatic carbocycles. The molecule has 2 fully saturated rings. The van der Waals surface area contributed by atoms with Gasteiger partial charge in [-0.2, -0.15) is 0 Å². The van der Waals surface area contributed by atoms with Gasteiger partial charge in [-0.1, -0.05) is 30.3 Å². The number of halogens is 1. The zero-order valence-corrected chi connectivity index (χ0v) is 18.1. The molecule has 3 aromatic rings. The summed E-state index contributed by atoms with van der Waals surface area (Å²) in [4.78, 5) is 18.4. The maximum atomic E-state index is 13.4. The van der Waals surface area contributed by atoms with E-state index in [2.05, 4.69) is 17.0 Å². The molecule has 31 heavy (non-hydrogen) atoms. The van der Waals surface area contributed by atoms with Gasteiger partial charge in [0.25, 0.3) is 5.91 Å². The van der Waals surface area contributed by atoms with Crippen molar-refractivity contribution in [2.75, 3.05) is 46.0 Å². The van der Waals surface area contributed by atoms with Gasteiger partial charge in [-0.15, -0.1) is 11.3 Å². The highest BCUT2D eigenvalue weighted by molar-refractivity contribution is 7.21. The van der Waals surface area contributed by atoms with Crippen molar-refractivity contribution in [2.24, 2.45) is 0 Å². The first-order valence-electron chi connectivity index (χ1n) is 10.7. The summed E-state index contributed by atoms with van der Waals surface area (Å²) in [6.07, 6.45) is -0.176. The van der Waals surface area contributed by atoms with Gasteiger partial charge in [-0.05, 0) is 29.1 Å². The Bertz CT molecular complexity index is 1060. The number of rotatable bonds is 4. The summed E-state index contributed by atoms with van der Waals surface area (Å²) in [7, 11) is 0. The SMILES string of the molecule is O=C(c1sc2ccccc2c1[C@@H]1CN(Cc2ccc(F)cc2)CCO1)N1CCOCC1. The predicted molar refractivity (Wildman–Crippen MR) is 119 cm³/mol. The molecule has 1 atom stereocenters. The fourth-order valence-electron chi connectivity index (χ4n) is 4.32. The van der Waals surface area contributed by atoms with Gasteiger partial charge in [-0.3, -0.25) is 9.69 Å². The Morgan fingerprint density at radius 3 is 2.61 bits per heavy atom. The second-order valence-corrected chi connectivity index (χ2v) is 9.02. The van der Waals surface area contributed by atoms with Crippen molar-refractivity contribution < 1.29 is 18.7 Å². The topological polar surface area (TPSA) is 42.0 Å². The van der Waals surface area contributed by atoms with E-state index in [-0.39, 0.29) is 17.8 Å². The molecule has 2 aliphatic heterocycles. The molecule has 1 amide bonds. The summed E-state index contributed by atoms with van der Waals surface area (Å²) >= 11 is 1.55. The number of carbonyl (C=O) groups excluding carboxylic acids is 1. The van der Waals surface area contributed by atoms with E-state index in [0.717, 1.165) is 39.2 Å². The minimum absolute atomic E-state index is 0.0683. The van der Waals surface area contributed by atoms with Crippen LogP contribution in [0.4, 0.5) is 4.39 Å². The van der Waals surface area contributed by atoms with E-state index in [1.54, 1.807) is 11.3 Å². The molecule has 3 heterocycles. The number of carbonyl (C=O) groups is 1. The Hall–Kier alpha value is -2.32. The minimum Gasteiger partial charge on any atom is -0.378 e. The second kappa shape index (κ2) is 9.04. The largest absolute Gasteiger partial charge is 0.378 e. The van der Waals surface area contributed by atoms with Gasteiger partial charge < -0.3 is 14.4 Å². The van der Waals surface area contributed by atoms with Crippen LogP contribution in [0.5, 0.6) is 0 Å². The van der Waals surface area contributed by atoms with E-state index in [1.165, 1.54) is 12.1 Å². The number of hydrogen-bond acceptors (Lipinski definition) is 5. The maximum Gasteiger partial charge on any atom is 0.264 e. The van der Waals surface area contributed by atoms with Gasteiger partial charge in [0, 0.05) is 43.0 Å². The maximum absolute atomic E-state index is 13.4. The average molecular weight is 441 g/mol. The van der Waals surface area contributed by atoms with Crippen molar-refractivity contribution in [1.82, 2.24) is 9.80 Å². The third-order valence-electron chi connectivity index (χ3n) is 5.92. The molecule has 2 saturated heterocycles. The van der Waals surface area contributed by atoms with E-state index >= 15 is 0 Å². The molecule has 5 nitrogen and oxygen atoms in total. The van der Waals surface area contributed by atoms with Crippen molar-refractivity contribution in [2.45, 2.75) is 12.6 Å². The lowest BCUT2D eigenvalue weighted by Crippen LogP contribution is -2.41. The lowest BCUT2D eigenvalue weighted by Gasteiger charge is -2.34. The molecular formula is C24H25FN2O3S. The van der Waals surface area contributed by atoms with Crippen LogP contribution in [0.3, 0.4) is 0 Å². The third-order valence-corrected chi connectivity index (χ3v) is 7.09. The van der Waals surface area contributed by atoms with Crippen LogP contribution >= 0.6 is 11.3 Å². The van der Waals surface area contributed by atoms with Crippen molar-refractivity contribution >= 4 is 27.3 Å². The van der Waals surface area contributed by atoms with Crippen LogP contribution < -0.4 is 0 Å². The van der Waals surface area contributed by atoms with E-state index in [9.17, 15) is 9.18 Å². The van der Waals surface area contributed by atoms with Crippen LogP contribution in [0, 0.1) is 5.82 Å². The van der Waals surface area contributed by atoms with Gasteiger partial charge in [0.2, 0.25) is 0 Å². The van der Waals surface area contributed by atoms with Gasteiger partial charge in [0.05, 0.1) is 30.8 Å². The molecule has 2 aliphatic rings. The van der Waals surface area contributed by atoms with E-state index in [0.29, 0.717) is 39.5 Å². The Labute approximate surface area is 185 Å². The Kier molecular flexibility index (Phi) is 6.00. The molecule has 2 aromatic carbocycles. The normalized spacial score (nSPS) is 20.3. The van der Waals surface area contributed by atoms with Gasteiger partial charge in [0.15, 0.2) is 0 Å².